The van der Waals surface area contributed by atoms with Gasteiger partial charge in [0, 0.05) is 0 Å². The van der Waals surface area contributed by atoms with Gasteiger partial charge in [-0.15, -0.1) is 0 Å². The maximum absolute atomic E-state index is 13.1. The molecule has 3 fully saturated rings. The van der Waals surface area contributed by atoms with Crippen molar-refractivity contribution in [2.75, 3.05) is 11.5 Å². The van der Waals surface area contributed by atoms with E-state index in [9.17, 15) is 14.4 Å². The Morgan fingerprint density at radius 3 is 2.35 bits per heavy atom. The summed E-state index contributed by atoms with van der Waals surface area (Å²) in [5.41, 5.74) is 0.570. The molecule has 0 N–H and O–H groups in total. The quantitative estimate of drug-likeness (QED) is 0.465. The lowest BCUT2D eigenvalue weighted by molar-refractivity contribution is -0.124. The number of nitrogens with zero attached hydrogens (tertiary/aromatic N) is 1. The number of esters is 1. The molecule has 1 saturated heterocycles. The van der Waals surface area contributed by atoms with Crippen LogP contribution in [0.3, 0.4) is 0 Å². The van der Waals surface area contributed by atoms with Crippen LogP contribution in [0.2, 0.25) is 5.02 Å². The largest absolute Gasteiger partial charge is 0.462 e. The predicted molar refractivity (Wildman–Crippen MR) is 94.6 cm³/mol. The summed E-state index contributed by atoms with van der Waals surface area (Å²) in [7, 11) is 0. The molecular formula is C20H18ClNO4. The molecule has 5 nitrogen and oxygen atoms in total. The summed E-state index contributed by atoms with van der Waals surface area (Å²) >= 11 is 6.11. The fourth-order valence-corrected chi connectivity index (χ4v) is 5.42. The highest BCUT2D eigenvalue weighted by Crippen LogP contribution is 2.65. The highest BCUT2D eigenvalue weighted by atomic mass is 35.5. The summed E-state index contributed by atoms with van der Waals surface area (Å²) in [6.07, 6.45) is 5.41. The van der Waals surface area contributed by atoms with Crippen molar-refractivity contribution in [1.82, 2.24) is 0 Å². The van der Waals surface area contributed by atoms with Crippen LogP contribution in [0.5, 0.6) is 0 Å². The van der Waals surface area contributed by atoms with Crippen LogP contribution in [0.1, 0.15) is 23.7 Å². The molecule has 6 rings (SSSR count). The molecule has 4 aliphatic carbocycles. The Morgan fingerprint density at radius 1 is 1.15 bits per heavy atom. The van der Waals surface area contributed by atoms with Crippen molar-refractivity contribution in [3.63, 3.8) is 0 Å². The van der Waals surface area contributed by atoms with E-state index in [0.29, 0.717) is 17.5 Å². The number of carbonyl (C=O) groups excluding carboxylic acids is 3. The molecule has 1 aromatic carbocycles. The first-order valence-electron chi connectivity index (χ1n) is 9.05. The van der Waals surface area contributed by atoms with Crippen LogP contribution in [0.25, 0.3) is 0 Å². The second kappa shape index (κ2) is 5.43. The van der Waals surface area contributed by atoms with Crippen LogP contribution in [0.4, 0.5) is 5.69 Å². The van der Waals surface area contributed by atoms with E-state index in [0.717, 1.165) is 6.42 Å². The second-order valence-electron chi connectivity index (χ2n) is 7.55. The van der Waals surface area contributed by atoms with Gasteiger partial charge in [-0.1, -0.05) is 23.8 Å². The van der Waals surface area contributed by atoms with E-state index in [1.807, 2.05) is 0 Å². The van der Waals surface area contributed by atoms with Crippen molar-refractivity contribution in [1.29, 1.82) is 0 Å². The highest BCUT2D eigenvalue weighted by molar-refractivity contribution is 6.34. The molecule has 1 aliphatic heterocycles. The van der Waals surface area contributed by atoms with Crippen LogP contribution in [0.15, 0.2) is 30.4 Å². The van der Waals surface area contributed by atoms with Gasteiger partial charge in [-0.3, -0.25) is 9.59 Å². The maximum Gasteiger partial charge on any atom is 0.339 e. The van der Waals surface area contributed by atoms with E-state index in [1.165, 1.54) is 17.0 Å². The van der Waals surface area contributed by atoms with Crippen LogP contribution < -0.4 is 4.90 Å². The van der Waals surface area contributed by atoms with Gasteiger partial charge in [0.2, 0.25) is 11.8 Å². The van der Waals surface area contributed by atoms with Crippen molar-refractivity contribution >= 4 is 35.1 Å². The fraction of sp³-hybridized carbons (Fsp3) is 0.450. The van der Waals surface area contributed by atoms with Gasteiger partial charge in [0.05, 0.1) is 34.7 Å². The molecule has 0 aromatic heterocycles. The third-order valence-electron chi connectivity index (χ3n) is 6.37. The van der Waals surface area contributed by atoms with Crippen molar-refractivity contribution in [2.45, 2.75) is 13.3 Å². The number of hydrogen-bond donors (Lipinski definition) is 0. The van der Waals surface area contributed by atoms with E-state index >= 15 is 0 Å². The molecule has 5 aliphatic rings. The van der Waals surface area contributed by atoms with E-state index in [2.05, 4.69) is 12.2 Å². The van der Waals surface area contributed by atoms with E-state index in [4.69, 9.17) is 16.3 Å². The minimum Gasteiger partial charge on any atom is -0.462 e. The number of carbonyl (C=O) groups is 3. The van der Waals surface area contributed by atoms with Crippen LogP contribution >= 0.6 is 11.6 Å². The Labute approximate surface area is 155 Å². The summed E-state index contributed by atoms with van der Waals surface area (Å²) < 4.78 is 5.02. The molecule has 0 spiro atoms. The number of anilines is 1. The molecule has 0 radical (unpaired) electrons. The number of halogens is 1. The first-order valence-corrected chi connectivity index (χ1v) is 9.43. The summed E-state index contributed by atoms with van der Waals surface area (Å²) in [6, 6.07) is 4.65. The summed E-state index contributed by atoms with van der Waals surface area (Å²) in [6.45, 7) is 1.94. The molecule has 6 atom stereocenters. The zero-order valence-electron chi connectivity index (χ0n) is 14.2. The number of allylic oxidation sites excluding steroid dienone is 2. The molecule has 6 heteroatoms. The zero-order chi connectivity index (χ0) is 18.2. The van der Waals surface area contributed by atoms with E-state index in [1.54, 1.807) is 13.0 Å². The predicted octanol–water partition coefficient (Wildman–Crippen LogP) is 3.07. The van der Waals surface area contributed by atoms with Gasteiger partial charge in [0.1, 0.15) is 0 Å². The molecule has 2 amide bonds. The standard InChI is InChI=1S/C20H18ClNO4/c1-2-26-20(25)14-7-9(3-6-15(14)21)22-18(23)16-10-4-5-11(13-8-12(10)13)17(16)19(22)24/h3-7,10-13,16-17H,2,8H2,1H3/t10-,11-,12-,13-,16+,17+/m0/s1. The van der Waals surface area contributed by atoms with Crippen molar-refractivity contribution < 1.29 is 19.1 Å². The Balaban J connectivity index is 1.52. The Hall–Kier alpha value is -2.14. The normalized spacial score (nSPS) is 36.2. The van der Waals surface area contributed by atoms with E-state index < -0.39 is 5.97 Å². The molecule has 1 heterocycles. The first kappa shape index (κ1) is 16.1. The number of amides is 2. The average molecular weight is 372 g/mol. The molecular weight excluding hydrogens is 354 g/mol. The number of imide groups is 1. The van der Waals surface area contributed by atoms with Gasteiger partial charge < -0.3 is 4.74 Å². The first-order chi connectivity index (χ1) is 12.5. The minimum absolute atomic E-state index is 0.151. The molecule has 2 bridgehead atoms. The SMILES string of the molecule is CCOC(=O)c1cc(N2C(=O)[C@@H]3[C@H]4C=C[C@@H]([C@@H]5C[C@@H]45)[C@H]3C2=O)ccc1Cl. The smallest absolute Gasteiger partial charge is 0.339 e. The van der Waals surface area contributed by atoms with Crippen molar-refractivity contribution in [3.05, 3.63) is 40.9 Å². The fourth-order valence-electron chi connectivity index (χ4n) is 5.23. The average Bonchev–Trinajstić information content (AvgIpc) is 3.40. The third kappa shape index (κ3) is 2.01. The molecule has 0 unspecified atom stereocenters. The number of rotatable bonds is 3. The zero-order valence-corrected chi connectivity index (χ0v) is 15.0. The maximum atomic E-state index is 13.1. The number of hydrogen-bond acceptors (Lipinski definition) is 4. The van der Waals surface area contributed by atoms with Gasteiger partial charge in [0.15, 0.2) is 0 Å². The summed E-state index contributed by atoms with van der Waals surface area (Å²) in [5, 5.41) is 0.242. The molecule has 26 heavy (non-hydrogen) atoms. The lowest BCUT2D eigenvalue weighted by Crippen LogP contribution is -2.40. The van der Waals surface area contributed by atoms with Gasteiger partial charge in [0.25, 0.3) is 0 Å². The lowest BCUT2D eigenvalue weighted by Gasteiger charge is -2.37. The Morgan fingerprint density at radius 2 is 1.77 bits per heavy atom. The second-order valence-corrected chi connectivity index (χ2v) is 7.96. The monoisotopic (exact) mass is 371 g/mol. The highest BCUT2D eigenvalue weighted by Gasteiger charge is 2.67. The minimum atomic E-state index is -0.557. The molecule has 1 aromatic rings. The van der Waals surface area contributed by atoms with Crippen LogP contribution in [-0.2, 0) is 14.3 Å². The molecule has 2 saturated carbocycles. The van der Waals surface area contributed by atoms with Gasteiger partial charge in [-0.25, -0.2) is 9.69 Å². The van der Waals surface area contributed by atoms with Crippen molar-refractivity contribution in [3.8, 4) is 0 Å². The summed E-state index contributed by atoms with van der Waals surface area (Å²) in [5.74, 6) is 0.0847. The van der Waals surface area contributed by atoms with E-state index in [-0.39, 0.29) is 52.7 Å². The van der Waals surface area contributed by atoms with Gasteiger partial charge in [-0.05, 0) is 55.2 Å². The molecule has 134 valence electrons. The number of ether oxygens (including phenoxy) is 1. The Bertz CT molecular complexity index is 843. The summed E-state index contributed by atoms with van der Waals surface area (Å²) in [4.78, 5) is 39.6. The lowest BCUT2D eigenvalue weighted by atomic mass is 9.63. The van der Waals surface area contributed by atoms with Gasteiger partial charge in [-0.2, -0.15) is 0 Å². The topological polar surface area (TPSA) is 63.7 Å². The Kier molecular flexibility index (Phi) is 3.35. The third-order valence-corrected chi connectivity index (χ3v) is 6.70. The van der Waals surface area contributed by atoms with Crippen LogP contribution in [0, 0.1) is 35.5 Å². The van der Waals surface area contributed by atoms with Crippen molar-refractivity contribution in [2.24, 2.45) is 35.5 Å². The number of benzene rings is 1. The van der Waals surface area contributed by atoms with Gasteiger partial charge >= 0.3 is 5.97 Å². The van der Waals surface area contributed by atoms with Crippen LogP contribution in [-0.4, -0.2) is 24.4 Å².